The maximum Gasteiger partial charge on any atom is 0.227 e. The van der Waals surface area contributed by atoms with Crippen LogP contribution in [0.15, 0.2) is 18.2 Å². The highest BCUT2D eigenvalue weighted by Crippen LogP contribution is 2.28. The minimum atomic E-state index is 0.0548. The molecule has 0 fully saturated rings. The summed E-state index contributed by atoms with van der Waals surface area (Å²) in [6.07, 6.45) is 0.372. The van der Waals surface area contributed by atoms with Gasteiger partial charge in [-0.1, -0.05) is 32.9 Å². The summed E-state index contributed by atoms with van der Waals surface area (Å²) < 4.78 is 0. The van der Waals surface area contributed by atoms with E-state index in [2.05, 4.69) is 39.0 Å². The molecule has 1 amide bonds. The molecule has 0 atom stereocenters. The fourth-order valence-corrected chi connectivity index (χ4v) is 1.98. The summed E-state index contributed by atoms with van der Waals surface area (Å²) in [4.78, 5) is 13.6. The Kier molecular flexibility index (Phi) is 4.80. The van der Waals surface area contributed by atoms with Crippen molar-refractivity contribution in [2.24, 2.45) is 0 Å². The summed E-state index contributed by atoms with van der Waals surface area (Å²) in [6.45, 7) is 8.53. The van der Waals surface area contributed by atoms with Gasteiger partial charge in [0.05, 0.1) is 0 Å². The van der Waals surface area contributed by atoms with Crippen molar-refractivity contribution in [1.82, 2.24) is 0 Å². The molecule has 0 radical (unpaired) electrons. The molecule has 1 aromatic rings. The highest BCUT2D eigenvalue weighted by molar-refractivity contribution is 6.19. The van der Waals surface area contributed by atoms with Gasteiger partial charge in [0.1, 0.15) is 0 Å². The zero-order chi connectivity index (χ0) is 13.9. The van der Waals surface area contributed by atoms with Gasteiger partial charge in [0.2, 0.25) is 5.91 Å². The van der Waals surface area contributed by atoms with Crippen LogP contribution in [0.1, 0.15) is 38.3 Å². The van der Waals surface area contributed by atoms with Crippen molar-refractivity contribution in [2.45, 2.75) is 39.5 Å². The number of amides is 1. The molecule has 1 aromatic carbocycles. The number of benzene rings is 1. The third-order valence-electron chi connectivity index (χ3n) is 3.12. The number of rotatable bonds is 3. The van der Waals surface area contributed by atoms with Crippen molar-refractivity contribution in [2.75, 3.05) is 17.8 Å². The fourth-order valence-electron chi connectivity index (χ4n) is 1.82. The van der Waals surface area contributed by atoms with E-state index in [0.717, 1.165) is 11.3 Å². The molecule has 0 heterocycles. The van der Waals surface area contributed by atoms with Crippen LogP contribution >= 0.6 is 11.6 Å². The molecule has 0 aliphatic rings. The second-order valence-corrected chi connectivity index (χ2v) is 6.02. The molecule has 0 N–H and O–H groups in total. The Hall–Kier alpha value is -1.02. The van der Waals surface area contributed by atoms with Crippen LogP contribution in [0.4, 0.5) is 5.69 Å². The van der Waals surface area contributed by atoms with E-state index in [9.17, 15) is 4.79 Å². The molecule has 0 aliphatic heterocycles. The first-order valence-corrected chi connectivity index (χ1v) is 6.74. The molecule has 0 aromatic heterocycles. The molecule has 18 heavy (non-hydrogen) atoms. The number of carbonyl (C=O) groups is 1. The molecule has 0 saturated carbocycles. The van der Waals surface area contributed by atoms with Gasteiger partial charge in [0, 0.05) is 25.0 Å². The molecule has 0 spiro atoms. The minimum Gasteiger partial charge on any atom is -0.315 e. The Morgan fingerprint density at radius 1 is 1.33 bits per heavy atom. The number of aryl methyl sites for hydroxylation is 1. The van der Waals surface area contributed by atoms with E-state index in [1.54, 1.807) is 4.90 Å². The first-order valence-electron chi connectivity index (χ1n) is 6.21. The molecule has 2 nitrogen and oxygen atoms in total. The van der Waals surface area contributed by atoms with Crippen molar-refractivity contribution in [3.05, 3.63) is 29.3 Å². The molecular formula is C15H22ClNO. The van der Waals surface area contributed by atoms with Gasteiger partial charge in [-0.05, 0) is 29.5 Å². The van der Waals surface area contributed by atoms with E-state index in [1.807, 2.05) is 14.0 Å². The molecule has 0 unspecified atom stereocenters. The summed E-state index contributed by atoms with van der Waals surface area (Å²) in [5.74, 6) is 0.417. The van der Waals surface area contributed by atoms with E-state index in [0.29, 0.717) is 12.3 Å². The van der Waals surface area contributed by atoms with Gasteiger partial charge in [-0.2, -0.15) is 0 Å². The number of carbonyl (C=O) groups excluding carboxylic acids is 1. The Morgan fingerprint density at radius 3 is 2.44 bits per heavy atom. The lowest BCUT2D eigenvalue weighted by Gasteiger charge is -2.24. The molecule has 0 aliphatic carbocycles. The predicted octanol–water partition coefficient (Wildman–Crippen LogP) is 3.88. The maximum absolute atomic E-state index is 11.9. The van der Waals surface area contributed by atoms with Crippen LogP contribution < -0.4 is 4.90 Å². The van der Waals surface area contributed by atoms with Crippen molar-refractivity contribution in [1.29, 1.82) is 0 Å². The summed E-state index contributed by atoms with van der Waals surface area (Å²) in [5, 5.41) is 0. The SMILES string of the molecule is Cc1ccc(C(C)(C)C)cc1N(C)C(=O)CCCl. The van der Waals surface area contributed by atoms with Gasteiger partial charge in [-0.3, -0.25) is 4.79 Å². The van der Waals surface area contributed by atoms with Crippen LogP contribution in [-0.2, 0) is 10.2 Å². The summed E-state index contributed by atoms with van der Waals surface area (Å²) in [6, 6.07) is 6.29. The molecular weight excluding hydrogens is 246 g/mol. The van der Waals surface area contributed by atoms with Gasteiger partial charge in [0.15, 0.2) is 0 Å². The van der Waals surface area contributed by atoms with Crippen LogP contribution in [0.2, 0.25) is 0 Å². The van der Waals surface area contributed by atoms with Gasteiger partial charge in [-0.25, -0.2) is 0 Å². The quantitative estimate of drug-likeness (QED) is 0.761. The maximum atomic E-state index is 11.9. The van der Waals surface area contributed by atoms with Gasteiger partial charge in [-0.15, -0.1) is 11.6 Å². The van der Waals surface area contributed by atoms with Gasteiger partial charge in [0.25, 0.3) is 0 Å². The zero-order valence-corrected chi connectivity index (χ0v) is 12.6. The van der Waals surface area contributed by atoms with Crippen LogP contribution in [0.5, 0.6) is 0 Å². The Labute approximate surface area is 115 Å². The number of hydrogen-bond acceptors (Lipinski definition) is 1. The monoisotopic (exact) mass is 267 g/mol. The Balaban J connectivity index is 3.12. The normalized spacial score (nSPS) is 11.4. The molecule has 1 rings (SSSR count). The standard InChI is InChI=1S/C15H22ClNO/c1-11-6-7-12(15(2,3)4)10-13(11)17(5)14(18)8-9-16/h6-7,10H,8-9H2,1-5H3. The zero-order valence-electron chi connectivity index (χ0n) is 11.9. The van der Waals surface area contributed by atoms with Crippen molar-refractivity contribution >= 4 is 23.2 Å². The van der Waals surface area contributed by atoms with E-state index in [-0.39, 0.29) is 11.3 Å². The minimum absolute atomic E-state index is 0.0548. The van der Waals surface area contributed by atoms with E-state index in [1.165, 1.54) is 5.56 Å². The first-order chi connectivity index (χ1) is 8.27. The van der Waals surface area contributed by atoms with Crippen LogP contribution in [0, 0.1) is 6.92 Å². The summed E-state index contributed by atoms with van der Waals surface area (Å²) in [5.41, 5.74) is 3.39. The second-order valence-electron chi connectivity index (χ2n) is 5.64. The molecule has 0 bridgehead atoms. The average Bonchev–Trinajstić information content (AvgIpc) is 2.27. The lowest BCUT2D eigenvalue weighted by molar-refractivity contribution is -0.117. The van der Waals surface area contributed by atoms with Crippen LogP contribution in [0.25, 0.3) is 0 Å². The molecule has 100 valence electrons. The third-order valence-corrected chi connectivity index (χ3v) is 3.31. The van der Waals surface area contributed by atoms with Crippen LogP contribution in [-0.4, -0.2) is 18.8 Å². The van der Waals surface area contributed by atoms with E-state index >= 15 is 0 Å². The first kappa shape index (κ1) is 15.0. The summed E-state index contributed by atoms with van der Waals surface area (Å²) >= 11 is 5.62. The number of hydrogen-bond donors (Lipinski definition) is 0. The number of alkyl halides is 1. The average molecular weight is 268 g/mol. The molecule has 0 saturated heterocycles. The van der Waals surface area contributed by atoms with Crippen LogP contribution in [0.3, 0.4) is 0 Å². The summed E-state index contributed by atoms with van der Waals surface area (Å²) in [7, 11) is 1.81. The van der Waals surface area contributed by atoms with Crippen molar-refractivity contribution in [3.63, 3.8) is 0 Å². The highest BCUT2D eigenvalue weighted by atomic mass is 35.5. The largest absolute Gasteiger partial charge is 0.315 e. The van der Waals surface area contributed by atoms with E-state index in [4.69, 9.17) is 11.6 Å². The lowest BCUT2D eigenvalue weighted by Crippen LogP contribution is -2.27. The van der Waals surface area contributed by atoms with Crippen molar-refractivity contribution in [3.8, 4) is 0 Å². The topological polar surface area (TPSA) is 20.3 Å². The van der Waals surface area contributed by atoms with E-state index < -0.39 is 0 Å². The second kappa shape index (κ2) is 5.75. The number of nitrogens with zero attached hydrogens (tertiary/aromatic N) is 1. The fraction of sp³-hybridized carbons (Fsp3) is 0.533. The smallest absolute Gasteiger partial charge is 0.227 e. The lowest BCUT2D eigenvalue weighted by atomic mass is 9.86. The molecule has 3 heteroatoms. The Bertz CT molecular complexity index is 435. The van der Waals surface area contributed by atoms with Gasteiger partial charge >= 0.3 is 0 Å². The van der Waals surface area contributed by atoms with Crippen molar-refractivity contribution < 1.29 is 4.79 Å². The number of halogens is 1. The highest BCUT2D eigenvalue weighted by Gasteiger charge is 2.18. The third kappa shape index (κ3) is 3.49. The Morgan fingerprint density at radius 2 is 1.94 bits per heavy atom. The van der Waals surface area contributed by atoms with Gasteiger partial charge < -0.3 is 4.90 Å². The number of anilines is 1. The predicted molar refractivity (Wildman–Crippen MR) is 78.6 cm³/mol.